The molecule has 0 saturated carbocycles. The van der Waals surface area contributed by atoms with E-state index >= 15 is 0 Å². The SMILES string of the molecule is Cc1cc(Cl)cc(S(=O)(=O)N(CC(=O)O)c2ccc3c(ccn3-c3cnc(NCCN(C)C)cn3)c2)c1. The molecular formula is C25H27ClN6O4S. The first-order chi connectivity index (χ1) is 17.5. The molecule has 10 nitrogen and oxygen atoms in total. The summed E-state index contributed by atoms with van der Waals surface area (Å²) >= 11 is 6.08. The number of aliphatic carboxylic acids is 1. The van der Waals surface area contributed by atoms with E-state index in [1.54, 1.807) is 55.8 Å². The third-order valence-electron chi connectivity index (χ3n) is 5.59. The summed E-state index contributed by atoms with van der Waals surface area (Å²) in [5, 5.41) is 13.6. The standard InChI is InChI=1S/C25H27ClN6O4S/c1-17-10-19(26)13-21(11-17)37(35,36)32(16-25(33)34)20-4-5-22-18(12-20)6-8-31(22)24-15-28-23(14-29-24)27-7-9-30(2)3/h4-6,8,10-15H,7,9,16H2,1-3H3,(H,27,28)(H,33,34). The molecule has 194 valence electrons. The van der Waals surface area contributed by atoms with Crippen LogP contribution in [0.15, 0.2) is 66.0 Å². The van der Waals surface area contributed by atoms with Gasteiger partial charge in [0.05, 0.1) is 28.5 Å². The third-order valence-corrected chi connectivity index (χ3v) is 7.56. The van der Waals surface area contributed by atoms with Crippen molar-refractivity contribution in [3.63, 3.8) is 0 Å². The molecule has 0 radical (unpaired) electrons. The van der Waals surface area contributed by atoms with Crippen molar-refractivity contribution in [3.05, 3.63) is 71.6 Å². The number of aromatic nitrogens is 3. The number of hydrogen-bond acceptors (Lipinski definition) is 7. The van der Waals surface area contributed by atoms with E-state index in [-0.39, 0.29) is 15.6 Å². The number of carboxylic acid groups (broad SMARTS) is 1. The molecule has 0 aliphatic carbocycles. The first-order valence-electron chi connectivity index (χ1n) is 11.4. The van der Waals surface area contributed by atoms with E-state index in [0.717, 1.165) is 22.9 Å². The van der Waals surface area contributed by atoms with Crippen LogP contribution in [0.5, 0.6) is 0 Å². The van der Waals surface area contributed by atoms with Crippen molar-refractivity contribution < 1.29 is 18.3 Å². The van der Waals surface area contributed by atoms with E-state index in [2.05, 4.69) is 20.2 Å². The maximum Gasteiger partial charge on any atom is 0.324 e. The van der Waals surface area contributed by atoms with Gasteiger partial charge in [-0.2, -0.15) is 0 Å². The predicted molar refractivity (Wildman–Crippen MR) is 144 cm³/mol. The summed E-state index contributed by atoms with van der Waals surface area (Å²) in [4.78, 5) is 22.5. The average molecular weight is 543 g/mol. The van der Waals surface area contributed by atoms with E-state index in [0.29, 0.717) is 22.6 Å². The fourth-order valence-electron chi connectivity index (χ4n) is 3.85. The predicted octanol–water partition coefficient (Wildman–Crippen LogP) is 3.64. The number of fused-ring (bicyclic) bond motifs is 1. The third kappa shape index (κ3) is 6.01. The van der Waals surface area contributed by atoms with Gasteiger partial charge in [-0.05, 0) is 69.0 Å². The van der Waals surface area contributed by atoms with E-state index in [1.165, 1.54) is 12.1 Å². The number of aryl methyl sites for hydroxylation is 1. The van der Waals surface area contributed by atoms with Crippen LogP contribution >= 0.6 is 11.6 Å². The Balaban J connectivity index is 1.66. The number of carbonyl (C=O) groups is 1. The van der Waals surface area contributed by atoms with E-state index in [9.17, 15) is 18.3 Å². The van der Waals surface area contributed by atoms with Gasteiger partial charge in [-0.15, -0.1) is 0 Å². The quantitative estimate of drug-likeness (QED) is 0.311. The zero-order valence-corrected chi connectivity index (χ0v) is 22.2. The topological polar surface area (TPSA) is 121 Å². The fourth-order valence-corrected chi connectivity index (χ4v) is 5.74. The van der Waals surface area contributed by atoms with Crippen LogP contribution in [-0.4, -0.2) is 72.7 Å². The number of halogens is 1. The minimum absolute atomic E-state index is 0.0778. The summed E-state index contributed by atoms with van der Waals surface area (Å²) < 4.78 is 29.6. The van der Waals surface area contributed by atoms with Crippen molar-refractivity contribution in [2.75, 3.05) is 43.4 Å². The van der Waals surface area contributed by atoms with E-state index in [4.69, 9.17) is 11.6 Å². The van der Waals surface area contributed by atoms with Gasteiger partial charge in [0.1, 0.15) is 12.4 Å². The lowest BCUT2D eigenvalue weighted by molar-refractivity contribution is -0.135. The van der Waals surface area contributed by atoms with Crippen molar-refractivity contribution in [3.8, 4) is 5.82 Å². The molecule has 12 heteroatoms. The summed E-state index contributed by atoms with van der Waals surface area (Å²) in [6.07, 6.45) is 5.10. The second kappa shape index (κ2) is 10.8. The molecule has 0 bridgehead atoms. The molecule has 0 atom stereocenters. The number of nitrogens with one attached hydrogen (secondary N) is 1. The van der Waals surface area contributed by atoms with Gasteiger partial charge >= 0.3 is 5.97 Å². The highest BCUT2D eigenvalue weighted by Gasteiger charge is 2.28. The van der Waals surface area contributed by atoms with Crippen molar-refractivity contribution in [2.45, 2.75) is 11.8 Å². The van der Waals surface area contributed by atoms with Gasteiger partial charge in [-0.25, -0.2) is 18.4 Å². The molecule has 4 rings (SSSR count). The smallest absolute Gasteiger partial charge is 0.324 e. The summed E-state index contributed by atoms with van der Waals surface area (Å²) in [6.45, 7) is 2.57. The average Bonchev–Trinajstić information content (AvgIpc) is 3.25. The number of nitrogens with zero attached hydrogens (tertiary/aromatic N) is 5. The molecule has 0 aliphatic heterocycles. The molecule has 2 aromatic heterocycles. The van der Waals surface area contributed by atoms with Crippen LogP contribution in [0.2, 0.25) is 5.02 Å². The van der Waals surface area contributed by atoms with Gasteiger partial charge in [-0.1, -0.05) is 11.6 Å². The maximum atomic E-state index is 13.5. The zero-order chi connectivity index (χ0) is 26.7. The summed E-state index contributed by atoms with van der Waals surface area (Å²) in [5.41, 5.74) is 1.63. The van der Waals surface area contributed by atoms with Crippen LogP contribution in [0.4, 0.5) is 11.5 Å². The molecule has 0 amide bonds. The second-order valence-electron chi connectivity index (χ2n) is 8.79. The Morgan fingerprint density at radius 2 is 1.89 bits per heavy atom. The Morgan fingerprint density at radius 3 is 2.54 bits per heavy atom. The molecule has 2 heterocycles. The monoisotopic (exact) mass is 542 g/mol. The minimum Gasteiger partial charge on any atom is -0.480 e. The van der Waals surface area contributed by atoms with Gasteiger partial charge in [0.2, 0.25) is 0 Å². The first kappa shape index (κ1) is 26.4. The number of carboxylic acids is 1. The second-order valence-corrected chi connectivity index (χ2v) is 11.1. The van der Waals surface area contributed by atoms with Crippen molar-refractivity contribution in [2.24, 2.45) is 0 Å². The number of sulfonamides is 1. The van der Waals surface area contributed by atoms with Crippen LogP contribution in [0, 0.1) is 6.92 Å². The van der Waals surface area contributed by atoms with Crippen molar-refractivity contribution in [1.29, 1.82) is 0 Å². The minimum atomic E-state index is -4.20. The Labute approximate surface area is 220 Å². The molecule has 0 aliphatic rings. The van der Waals surface area contributed by atoms with Crippen LogP contribution in [0.25, 0.3) is 16.7 Å². The molecule has 2 aromatic carbocycles. The molecule has 37 heavy (non-hydrogen) atoms. The number of likely N-dealkylation sites (N-methyl/N-ethyl adjacent to an activating group) is 1. The Kier molecular flexibility index (Phi) is 7.67. The molecule has 0 unspecified atom stereocenters. The molecule has 4 aromatic rings. The Bertz CT molecular complexity index is 1520. The number of anilines is 2. The van der Waals surface area contributed by atoms with Crippen LogP contribution in [-0.2, 0) is 14.8 Å². The van der Waals surface area contributed by atoms with E-state index in [1.807, 2.05) is 18.7 Å². The molecule has 0 fully saturated rings. The lowest BCUT2D eigenvalue weighted by atomic mass is 10.2. The highest BCUT2D eigenvalue weighted by Crippen LogP contribution is 2.30. The maximum absolute atomic E-state index is 13.5. The van der Waals surface area contributed by atoms with Gasteiger partial charge in [0.15, 0.2) is 5.82 Å². The van der Waals surface area contributed by atoms with Gasteiger partial charge in [-0.3, -0.25) is 13.7 Å². The van der Waals surface area contributed by atoms with Crippen molar-refractivity contribution in [1.82, 2.24) is 19.4 Å². The largest absolute Gasteiger partial charge is 0.480 e. The lowest BCUT2D eigenvalue weighted by Crippen LogP contribution is -2.35. The van der Waals surface area contributed by atoms with Gasteiger partial charge < -0.3 is 15.3 Å². The Morgan fingerprint density at radius 1 is 1.11 bits per heavy atom. The summed E-state index contributed by atoms with van der Waals surface area (Å²) in [5.74, 6) is -0.0324. The van der Waals surface area contributed by atoms with Gasteiger partial charge in [0, 0.05) is 29.7 Å². The summed E-state index contributed by atoms with van der Waals surface area (Å²) in [7, 11) is -0.210. The number of benzene rings is 2. The highest BCUT2D eigenvalue weighted by atomic mass is 35.5. The zero-order valence-electron chi connectivity index (χ0n) is 20.6. The number of hydrogen-bond donors (Lipinski definition) is 2. The fraction of sp³-hybridized carbons (Fsp3) is 0.240. The lowest BCUT2D eigenvalue weighted by Gasteiger charge is -2.23. The van der Waals surface area contributed by atoms with Gasteiger partial charge in [0.25, 0.3) is 10.0 Å². The molecule has 0 spiro atoms. The van der Waals surface area contributed by atoms with Crippen LogP contribution in [0.3, 0.4) is 0 Å². The molecule has 2 N–H and O–H groups in total. The normalized spacial score (nSPS) is 11.7. The molecular weight excluding hydrogens is 516 g/mol. The first-order valence-corrected chi connectivity index (χ1v) is 13.2. The van der Waals surface area contributed by atoms with Crippen molar-refractivity contribution >= 4 is 50.0 Å². The number of rotatable bonds is 10. The molecule has 0 saturated heterocycles. The van der Waals surface area contributed by atoms with Crippen LogP contribution in [0.1, 0.15) is 5.56 Å². The highest BCUT2D eigenvalue weighted by molar-refractivity contribution is 7.92. The Hall–Kier alpha value is -3.67. The van der Waals surface area contributed by atoms with E-state index < -0.39 is 22.5 Å². The summed E-state index contributed by atoms with van der Waals surface area (Å²) in [6, 6.07) is 11.1. The van der Waals surface area contributed by atoms with Crippen LogP contribution < -0.4 is 9.62 Å².